The summed E-state index contributed by atoms with van der Waals surface area (Å²) in [6.07, 6.45) is -3.51. The molecule has 0 unspecified atom stereocenters. The fourth-order valence-electron chi connectivity index (χ4n) is 2.95. The molecular formula is C23H16F3N3O4S. The molecule has 0 aliphatic heterocycles. The number of carbonyl (C=O) groups excluding carboxylic acids is 2. The summed E-state index contributed by atoms with van der Waals surface area (Å²) in [6.45, 7) is 0.192. The molecular weight excluding hydrogens is 471 g/mol. The van der Waals surface area contributed by atoms with Crippen molar-refractivity contribution in [2.45, 2.75) is 12.8 Å². The second-order valence-corrected chi connectivity index (χ2v) is 7.66. The van der Waals surface area contributed by atoms with E-state index < -0.39 is 29.2 Å². The number of furan rings is 1. The molecule has 4 aromatic rings. The van der Waals surface area contributed by atoms with Crippen LogP contribution in [0.2, 0.25) is 0 Å². The molecule has 34 heavy (non-hydrogen) atoms. The van der Waals surface area contributed by atoms with Gasteiger partial charge < -0.3 is 19.8 Å². The first-order chi connectivity index (χ1) is 16.3. The second-order valence-electron chi connectivity index (χ2n) is 6.94. The number of hydrogen-bond donors (Lipinski definition) is 2. The SMILES string of the molecule is O=C(Nc1ccc(NC(=O)c2ccco2)cc1C(F)(F)F)c1cccc(OCc2cscn2)c1. The van der Waals surface area contributed by atoms with Gasteiger partial charge in [-0.2, -0.15) is 13.2 Å². The summed E-state index contributed by atoms with van der Waals surface area (Å²) in [7, 11) is 0. The fraction of sp³-hybridized carbons (Fsp3) is 0.0870. The number of amides is 2. The lowest BCUT2D eigenvalue weighted by Crippen LogP contribution is -2.18. The molecule has 2 heterocycles. The predicted molar refractivity (Wildman–Crippen MR) is 119 cm³/mol. The molecule has 2 N–H and O–H groups in total. The first kappa shape index (κ1) is 23.1. The molecule has 11 heteroatoms. The number of thiazole rings is 1. The van der Waals surface area contributed by atoms with E-state index in [1.807, 2.05) is 5.38 Å². The van der Waals surface area contributed by atoms with Gasteiger partial charge >= 0.3 is 6.18 Å². The third kappa shape index (κ3) is 5.62. The van der Waals surface area contributed by atoms with Crippen molar-refractivity contribution < 1.29 is 31.9 Å². The smallest absolute Gasteiger partial charge is 0.418 e. The number of hydrogen-bond acceptors (Lipinski definition) is 6. The lowest BCUT2D eigenvalue weighted by Gasteiger charge is -2.16. The lowest BCUT2D eigenvalue weighted by molar-refractivity contribution is -0.136. The number of ether oxygens (including phenoxy) is 1. The van der Waals surface area contributed by atoms with Gasteiger partial charge in [0, 0.05) is 16.6 Å². The number of nitrogens with zero attached hydrogens (tertiary/aromatic N) is 1. The van der Waals surface area contributed by atoms with E-state index in [-0.39, 0.29) is 23.6 Å². The van der Waals surface area contributed by atoms with Crippen molar-refractivity contribution in [2.24, 2.45) is 0 Å². The number of benzene rings is 2. The summed E-state index contributed by atoms with van der Waals surface area (Å²) in [5.41, 5.74) is 0.808. The summed E-state index contributed by atoms with van der Waals surface area (Å²) in [6, 6.07) is 12.0. The first-order valence-electron chi connectivity index (χ1n) is 9.77. The molecule has 0 radical (unpaired) electrons. The molecule has 0 saturated heterocycles. The predicted octanol–water partition coefficient (Wildman–Crippen LogP) is 5.84. The van der Waals surface area contributed by atoms with Crippen LogP contribution in [0.25, 0.3) is 0 Å². The Kier molecular flexibility index (Phi) is 6.64. The Hall–Kier alpha value is -4.12. The van der Waals surface area contributed by atoms with E-state index in [9.17, 15) is 22.8 Å². The highest BCUT2D eigenvalue weighted by atomic mass is 32.1. The van der Waals surface area contributed by atoms with E-state index in [0.717, 1.165) is 12.1 Å². The molecule has 0 aliphatic rings. The highest BCUT2D eigenvalue weighted by Gasteiger charge is 2.34. The van der Waals surface area contributed by atoms with E-state index in [1.165, 1.54) is 47.9 Å². The number of halogens is 3. The summed E-state index contributed by atoms with van der Waals surface area (Å²) in [4.78, 5) is 28.8. The Morgan fingerprint density at radius 3 is 2.59 bits per heavy atom. The van der Waals surface area contributed by atoms with Gasteiger partial charge in [-0.1, -0.05) is 6.07 Å². The number of aromatic nitrogens is 1. The molecule has 4 rings (SSSR count). The maximum atomic E-state index is 13.7. The van der Waals surface area contributed by atoms with Crippen molar-refractivity contribution >= 4 is 34.5 Å². The monoisotopic (exact) mass is 487 g/mol. The summed E-state index contributed by atoms with van der Waals surface area (Å²) in [5, 5.41) is 6.43. The zero-order valence-electron chi connectivity index (χ0n) is 17.3. The van der Waals surface area contributed by atoms with E-state index in [2.05, 4.69) is 15.6 Å². The van der Waals surface area contributed by atoms with Gasteiger partial charge in [0.2, 0.25) is 0 Å². The van der Waals surface area contributed by atoms with Crippen molar-refractivity contribution in [3.8, 4) is 5.75 Å². The summed E-state index contributed by atoms with van der Waals surface area (Å²) in [5.74, 6) is -1.14. The second kappa shape index (κ2) is 9.79. The van der Waals surface area contributed by atoms with E-state index in [4.69, 9.17) is 9.15 Å². The van der Waals surface area contributed by atoms with E-state index in [1.54, 1.807) is 17.6 Å². The van der Waals surface area contributed by atoms with Crippen LogP contribution in [0.3, 0.4) is 0 Å². The number of alkyl halides is 3. The van der Waals surface area contributed by atoms with Crippen molar-refractivity contribution in [3.05, 3.63) is 94.3 Å². The topological polar surface area (TPSA) is 93.5 Å². The van der Waals surface area contributed by atoms with Gasteiger partial charge in [0.1, 0.15) is 12.4 Å². The average Bonchev–Trinajstić information content (AvgIpc) is 3.53. The zero-order chi connectivity index (χ0) is 24.1. The van der Waals surface area contributed by atoms with Gasteiger partial charge in [0.25, 0.3) is 11.8 Å². The number of rotatable bonds is 7. The van der Waals surface area contributed by atoms with Crippen LogP contribution in [0.5, 0.6) is 5.75 Å². The van der Waals surface area contributed by atoms with Crippen molar-refractivity contribution in [3.63, 3.8) is 0 Å². The fourth-order valence-corrected chi connectivity index (χ4v) is 3.50. The largest absolute Gasteiger partial charge is 0.487 e. The number of nitrogens with one attached hydrogen (secondary N) is 2. The summed E-state index contributed by atoms with van der Waals surface area (Å²) < 4.78 is 51.6. The molecule has 7 nitrogen and oxygen atoms in total. The highest BCUT2D eigenvalue weighted by molar-refractivity contribution is 7.07. The van der Waals surface area contributed by atoms with Gasteiger partial charge in [-0.3, -0.25) is 9.59 Å². The first-order valence-corrected chi connectivity index (χ1v) is 10.7. The standard InChI is InChI=1S/C23H16F3N3O4S/c24-23(25,26)18-10-15(28-22(31)20-5-2-8-32-20)6-7-19(18)29-21(30)14-3-1-4-17(9-14)33-11-16-12-34-13-27-16/h1-10,12-13H,11H2,(H,28,31)(H,29,30). The Balaban J connectivity index is 1.50. The van der Waals surface area contributed by atoms with Crippen LogP contribution < -0.4 is 15.4 Å². The van der Waals surface area contributed by atoms with Crippen LogP contribution in [0.15, 0.2) is 76.2 Å². The van der Waals surface area contributed by atoms with Gasteiger partial charge in [0.15, 0.2) is 5.76 Å². The van der Waals surface area contributed by atoms with Gasteiger partial charge in [-0.15, -0.1) is 11.3 Å². The molecule has 0 bridgehead atoms. The Labute approximate surface area is 195 Å². The minimum Gasteiger partial charge on any atom is -0.487 e. The molecule has 2 aromatic carbocycles. The van der Waals surface area contributed by atoms with Crippen molar-refractivity contribution in [1.29, 1.82) is 0 Å². The van der Waals surface area contributed by atoms with Gasteiger partial charge in [-0.05, 0) is 48.5 Å². The van der Waals surface area contributed by atoms with Gasteiger partial charge in [0.05, 0.1) is 28.7 Å². The van der Waals surface area contributed by atoms with Crippen LogP contribution in [0.1, 0.15) is 32.2 Å². The third-order valence-electron chi connectivity index (χ3n) is 4.54. The molecule has 0 fully saturated rings. The molecule has 2 aromatic heterocycles. The van der Waals surface area contributed by atoms with Crippen molar-refractivity contribution in [1.82, 2.24) is 4.98 Å². The maximum absolute atomic E-state index is 13.7. The molecule has 2 amide bonds. The Morgan fingerprint density at radius 2 is 1.88 bits per heavy atom. The molecule has 0 aliphatic carbocycles. The third-order valence-corrected chi connectivity index (χ3v) is 5.18. The van der Waals surface area contributed by atoms with Crippen LogP contribution in [0, 0.1) is 0 Å². The number of carbonyl (C=O) groups is 2. The number of anilines is 2. The maximum Gasteiger partial charge on any atom is 0.418 e. The van der Waals surface area contributed by atoms with Crippen LogP contribution in [-0.2, 0) is 12.8 Å². The lowest BCUT2D eigenvalue weighted by atomic mass is 10.1. The quantitative estimate of drug-likeness (QED) is 0.342. The van der Waals surface area contributed by atoms with Gasteiger partial charge in [-0.25, -0.2) is 4.98 Å². The Bertz CT molecular complexity index is 1290. The summed E-state index contributed by atoms with van der Waals surface area (Å²) >= 11 is 1.42. The molecule has 174 valence electrons. The highest BCUT2D eigenvalue weighted by Crippen LogP contribution is 2.37. The minimum atomic E-state index is -4.79. The zero-order valence-corrected chi connectivity index (χ0v) is 18.1. The van der Waals surface area contributed by atoms with Crippen LogP contribution in [0.4, 0.5) is 24.5 Å². The van der Waals surface area contributed by atoms with Crippen LogP contribution >= 0.6 is 11.3 Å². The van der Waals surface area contributed by atoms with Crippen molar-refractivity contribution in [2.75, 3.05) is 10.6 Å². The van der Waals surface area contributed by atoms with E-state index in [0.29, 0.717) is 11.4 Å². The molecule has 0 spiro atoms. The molecule has 0 atom stereocenters. The average molecular weight is 487 g/mol. The minimum absolute atomic E-state index is 0.0529. The molecule has 0 saturated carbocycles. The van der Waals surface area contributed by atoms with Crippen LogP contribution in [-0.4, -0.2) is 16.8 Å². The van der Waals surface area contributed by atoms with E-state index >= 15 is 0 Å². The normalized spacial score (nSPS) is 11.1. The Morgan fingerprint density at radius 1 is 1.03 bits per heavy atom.